The third-order valence-corrected chi connectivity index (χ3v) is 6.35. The van der Waals surface area contributed by atoms with E-state index in [1.165, 1.54) is 0 Å². The van der Waals surface area contributed by atoms with E-state index in [1.54, 1.807) is 30.3 Å². The number of nitrogens with zero attached hydrogens (tertiary/aromatic N) is 2. The third-order valence-electron chi connectivity index (χ3n) is 4.61. The number of hydrogen-bond donors (Lipinski definition) is 2. The van der Waals surface area contributed by atoms with Crippen molar-refractivity contribution in [2.24, 2.45) is 0 Å². The molecule has 150 valence electrons. The number of aromatic amines is 1. The second-order valence-electron chi connectivity index (χ2n) is 6.72. The summed E-state index contributed by atoms with van der Waals surface area (Å²) in [5.74, 6) is -0.304. The molecular weight excluding hydrogens is 435 g/mol. The summed E-state index contributed by atoms with van der Waals surface area (Å²) < 4.78 is 0. The maximum absolute atomic E-state index is 12.6. The Morgan fingerprint density at radius 3 is 2.90 bits per heavy atom. The number of imide groups is 1. The van der Waals surface area contributed by atoms with E-state index in [9.17, 15) is 14.4 Å². The van der Waals surface area contributed by atoms with Crippen LogP contribution >= 0.6 is 35.0 Å². The van der Waals surface area contributed by atoms with E-state index < -0.39 is 11.1 Å². The van der Waals surface area contributed by atoms with Crippen molar-refractivity contribution in [3.8, 4) is 0 Å². The zero-order valence-corrected chi connectivity index (χ0v) is 17.4. The Hall–Kier alpha value is -2.29. The van der Waals surface area contributed by atoms with Gasteiger partial charge in [-0.2, -0.15) is 5.10 Å². The Balaban J connectivity index is 1.36. The normalized spacial score (nSPS) is 18.0. The van der Waals surface area contributed by atoms with Crippen LogP contribution in [-0.2, 0) is 4.79 Å². The lowest BCUT2D eigenvalue weighted by atomic mass is 10.2. The molecule has 2 aliphatic rings. The molecule has 2 heterocycles. The maximum Gasteiger partial charge on any atom is 0.293 e. The molecule has 1 aliphatic heterocycles. The van der Waals surface area contributed by atoms with Gasteiger partial charge in [-0.25, -0.2) is 0 Å². The maximum atomic E-state index is 12.6. The predicted molar refractivity (Wildman–Crippen MR) is 112 cm³/mol. The molecular formula is C19H16Cl2N4O3S. The molecule has 2 N–H and O–H groups in total. The molecule has 0 spiro atoms. The first kappa shape index (κ1) is 20.0. The van der Waals surface area contributed by atoms with Crippen molar-refractivity contribution in [2.75, 3.05) is 13.1 Å². The van der Waals surface area contributed by atoms with E-state index in [-0.39, 0.29) is 23.9 Å². The standard InChI is InChI=1S/C19H16Cl2N4O3S/c20-12-3-1-2-11(16(12)21)8-15-18(27)25(19(28)29-15)7-6-22-17(26)14-9-13(23-24-14)10-4-5-10/h1-3,8-10H,4-7H2,(H,22,26)(H,23,24)/b15-8-. The molecule has 0 unspecified atom stereocenters. The second kappa shape index (κ2) is 8.22. The minimum atomic E-state index is -0.430. The van der Waals surface area contributed by atoms with Gasteiger partial charge in [-0.15, -0.1) is 0 Å². The fourth-order valence-electron chi connectivity index (χ4n) is 2.89. The summed E-state index contributed by atoms with van der Waals surface area (Å²) in [7, 11) is 0. The quantitative estimate of drug-likeness (QED) is 0.646. The van der Waals surface area contributed by atoms with E-state index in [0.717, 1.165) is 35.2 Å². The average Bonchev–Trinajstić information content (AvgIpc) is 3.37. The zero-order valence-electron chi connectivity index (χ0n) is 15.1. The van der Waals surface area contributed by atoms with Crippen molar-refractivity contribution in [2.45, 2.75) is 18.8 Å². The number of halogens is 2. The third kappa shape index (κ3) is 4.34. The molecule has 10 heteroatoms. The lowest BCUT2D eigenvalue weighted by Crippen LogP contribution is -2.37. The van der Waals surface area contributed by atoms with Crippen molar-refractivity contribution >= 4 is 58.1 Å². The molecule has 7 nitrogen and oxygen atoms in total. The highest BCUT2D eigenvalue weighted by Gasteiger charge is 2.35. The van der Waals surface area contributed by atoms with Gasteiger partial charge in [0.1, 0.15) is 5.69 Å². The zero-order chi connectivity index (χ0) is 20.5. The van der Waals surface area contributed by atoms with Crippen LogP contribution in [0.5, 0.6) is 0 Å². The molecule has 1 saturated heterocycles. The number of benzene rings is 1. The van der Waals surface area contributed by atoms with Gasteiger partial charge in [-0.3, -0.25) is 24.4 Å². The fraction of sp³-hybridized carbons (Fsp3) is 0.263. The number of carbonyl (C=O) groups excluding carboxylic acids is 3. The van der Waals surface area contributed by atoms with Crippen LogP contribution in [0, 0.1) is 0 Å². The highest BCUT2D eigenvalue weighted by Crippen LogP contribution is 2.39. The van der Waals surface area contributed by atoms with Gasteiger partial charge in [-0.1, -0.05) is 35.3 Å². The van der Waals surface area contributed by atoms with Crippen molar-refractivity contribution in [3.63, 3.8) is 0 Å². The summed E-state index contributed by atoms with van der Waals surface area (Å²) in [4.78, 5) is 38.3. The van der Waals surface area contributed by atoms with Gasteiger partial charge in [0, 0.05) is 24.7 Å². The SMILES string of the molecule is O=C(NCCN1C(=O)S/C(=C\c2cccc(Cl)c2Cl)C1=O)c1cc(C2CC2)[nH]n1. The number of thioether (sulfide) groups is 1. The molecule has 29 heavy (non-hydrogen) atoms. The summed E-state index contributed by atoms with van der Waals surface area (Å²) in [6, 6.07) is 6.80. The van der Waals surface area contributed by atoms with Crippen LogP contribution in [0.1, 0.15) is 40.5 Å². The summed E-state index contributed by atoms with van der Waals surface area (Å²) in [5.41, 5.74) is 1.82. The first-order chi connectivity index (χ1) is 13.9. The Morgan fingerprint density at radius 1 is 1.34 bits per heavy atom. The number of hydrogen-bond acceptors (Lipinski definition) is 5. The van der Waals surface area contributed by atoms with Gasteiger partial charge >= 0.3 is 0 Å². The molecule has 0 radical (unpaired) electrons. The molecule has 1 aliphatic carbocycles. The van der Waals surface area contributed by atoms with Gasteiger partial charge in [-0.05, 0) is 48.4 Å². The Morgan fingerprint density at radius 2 is 2.14 bits per heavy atom. The molecule has 1 aromatic heterocycles. The van der Waals surface area contributed by atoms with Gasteiger partial charge in [0.15, 0.2) is 0 Å². The first-order valence-electron chi connectivity index (χ1n) is 8.97. The fourth-order valence-corrected chi connectivity index (χ4v) is 4.11. The van der Waals surface area contributed by atoms with Crippen LogP contribution in [0.15, 0.2) is 29.2 Å². The van der Waals surface area contributed by atoms with Crippen LogP contribution < -0.4 is 5.32 Å². The smallest absolute Gasteiger partial charge is 0.293 e. The lowest BCUT2D eigenvalue weighted by Gasteiger charge is -2.12. The van der Waals surface area contributed by atoms with Crippen LogP contribution in [-0.4, -0.2) is 45.2 Å². The number of H-pyrrole nitrogens is 1. The first-order valence-corrected chi connectivity index (χ1v) is 10.5. The van der Waals surface area contributed by atoms with Crippen LogP contribution in [0.4, 0.5) is 4.79 Å². The van der Waals surface area contributed by atoms with E-state index in [1.807, 2.05) is 0 Å². The lowest BCUT2D eigenvalue weighted by molar-refractivity contribution is -0.122. The Labute approximate surface area is 180 Å². The largest absolute Gasteiger partial charge is 0.349 e. The van der Waals surface area contributed by atoms with Crippen LogP contribution in [0.2, 0.25) is 10.0 Å². The molecule has 0 bridgehead atoms. The highest BCUT2D eigenvalue weighted by atomic mass is 35.5. The number of amides is 3. The number of rotatable bonds is 6. The van der Waals surface area contributed by atoms with Gasteiger partial charge in [0.2, 0.25) is 0 Å². The molecule has 2 aromatic rings. The van der Waals surface area contributed by atoms with Crippen molar-refractivity contribution in [3.05, 3.63) is 56.2 Å². The second-order valence-corrected chi connectivity index (χ2v) is 8.49. The molecule has 3 amide bonds. The van der Waals surface area contributed by atoms with Crippen molar-refractivity contribution < 1.29 is 14.4 Å². The van der Waals surface area contributed by atoms with Gasteiger partial charge < -0.3 is 5.32 Å². The van der Waals surface area contributed by atoms with E-state index >= 15 is 0 Å². The van der Waals surface area contributed by atoms with Crippen LogP contribution in [0.25, 0.3) is 6.08 Å². The minimum Gasteiger partial charge on any atom is -0.349 e. The van der Waals surface area contributed by atoms with Gasteiger partial charge in [0.05, 0.1) is 15.0 Å². The summed E-state index contributed by atoms with van der Waals surface area (Å²) in [6.07, 6.45) is 3.76. The molecule has 1 aromatic carbocycles. The molecule has 0 atom stereocenters. The highest BCUT2D eigenvalue weighted by molar-refractivity contribution is 8.18. The summed E-state index contributed by atoms with van der Waals surface area (Å²) in [6.45, 7) is 0.199. The molecule has 2 fully saturated rings. The number of aromatic nitrogens is 2. The van der Waals surface area contributed by atoms with Gasteiger partial charge in [0.25, 0.3) is 17.1 Å². The predicted octanol–water partition coefficient (Wildman–Crippen LogP) is 4.06. The van der Waals surface area contributed by atoms with E-state index in [2.05, 4.69) is 15.5 Å². The van der Waals surface area contributed by atoms with E-state index in [4.69, 9.17) is 23.2 Å². The average molecular weight is 451 g/mol. The molecule has 1 saturated carbocycles. The Bertz CT molecular complexity index is 1030. The number of nitrogens with one attached hydrogen (secondary N) is 2. The minimum absolute atomic E-state index is 0.0664. The van der Waals surface area contributed by atoms with Crippen molar-refractivity contribution in [1.29, 1.82) is 0 Å². The Kier molecular flexibility index (Phi) is 5.67. The topological polar surface area (TPSA) is 95.2 Å². The summed E-state index contributed by atoms with van der Waals surface area (Å²) in [5, 5.41) is 9.85. The molecule has 4 rings (SSSR count). The van der Waals surface area contributed by atoms with Crippen molar-refractivity contribution in [1.82, 2.24) is 20.4 Å². The number of carbonyl (C=O) groups is 3. The monoisotopic (exact) mass is 450 g/mol. The summed E-state index contributed by atoms with van der Waals surface area (Å²) >= 11 is 13.0. The van der Waals surface area contributed by atoms with E-state index in [0.29, 0.717) is 27.2 Å². The van der Waals surface area contributed by atoms with Crippen LogP contribution in [0.3, 0.4) is 0 Å².